The monoisotopic (exact) mass is 376 g/mol. The maximum absolute atomic E-state index is 13.0. The second-order valence-electron chi connectivity index (χ2n) is 5.18. The Kier molecular flexibility index (Phi) is 5.36. The molecule has 0 saturated carbocycles. The highest BCUT2D eigenvalue weighted by Crippen LogP contribution is 2.36. The van der Waals surface area contributed by atoms with Crippen molar-refractivity contribution in [1.82, 2.24) is 9.62 Å². The molecule has 1 unspecified atom stereocenters. The molecule has 1 atom stereocenters. The summed E-state index contributed by atoms with van der Waals surface area (Å²) in [4.78, 5) is 22.9. The number of sulfonamides is 1. The highest BCUT2D eigenvalue weighted by molar-refractivity contribution is 7.89. The van der Waals surface area contributed by atoms with Crippen molar-refractivity contribution in [2.24, 2.45) is 0 Å². The summed E-state index contributed by atoms with van der Waals surface area (Å²) < 4.78 is 32.0. The molecule has 1 fully saturated rings. The molecule has 0 radical (unpaired) electrons. The number of nitrogens with one attached hydrogen (secondary N) is 1. The van der Waals surface area contributed by atoms with Crippen LogP contribution in [0.1, 0.15) is 23.2 Å². The quantitative estimate of drug-likeness (QED) is 0.790. The van der Waals surface area contributed by atoms with Crippen molar-refractivity contribution in [3.05, 3.63) is 22.7 Å². The molecule has 1 aromatic carbocycles. The number of likely N-dealkylation sites (N-methyl/N-ethyl adjacent to an activating group) is 1. The highest BCUT2D eigenvalue weighted by atomic mass is 35.5. The molecule has 2 rings (SSSR count). The van der Waals surface area contributed by atoms with E-state index < -0.39 is 27.9 Å². The molecule has 1 saturated heterocycles. The number of aromatic carboxylic acids is 1. The van der Waals surface area contributed by atoms with E-state index >= 15 is 0 Å². The minimum Gasteiger partial charge on any atom is -0.494 e. The lowest BCUT2D eigenvalue weighted by Gasteiger charge is -2.24. The van der Waals surface area contributed by atoms with Crippen LogP contribution in [-0.2, 0) is 14.8 Å². The summed E-state index contributed by atoms with van der Waals surface area (Å²) in [7, 11) is -1.56. The molecule has 0 aliphatic carbocycles. The van der Waals surface area contributed by atoms with Crippen LogP contribution in [-0.4, -0.2) is 56.5 Å². The predicted molar refractivity (Wildman–Crippen MR) is 85.9 cm³/mol. The van der Waals surface area contributed by atoms with Crippen molar-refractivity contribution in [2.45, 2.75) is 23.8 Å². The Labute approximate surface area is 144 Å². The number of carboxylic acids is 1. The Bertz CT molecular complexity index is 780. The van der Waals surface area contributed by atoms with Gasteiger partial charge < -0.3 is 15.2 Å². The molecule has 1 amide bonds. The molecule has 0 bridgehead atoms. The first-order valence-corrected chi connectivity index (χ1v) is 8.90. The van der Waals surface area contributed by atoms with Gasteiger partial charge in [0.15, 0.2) is 5.75 Å². The van der Waals surface area contributed by atoms with E-state index in [0.29, 0.717) is 12.8 Å². The molecule has 0 spiro atoms. The molecular weight excluding hydrogens is 360 g/mol. The molecule has 1 aliphatic heterocycles. The third-order valence-corrected chi connectivity index (χ3v) is 5.93. The third kappa shape index (κ3) is 3.19. The summed E-state index contributed by atoms with van der Waals surface area (Å²) >= 11 is 5.88. The van der Waals surface area contributed by atoms with Gasteiger partial charge >= 0.3 is 5.97 Å². The number of halogens is 1. The van der Waals surface area contributed by atoms with Gasteiger partial charge in [-0.05, 0) is 25.0 Å². The second kappa shape index (κ2) is 6.96. The summed E-state index contributed by atoms with van der Waals surface area (Å²) in [6.45, 7) is 0.151. The summed E-state index contributed by atoms with van der Waals surface area (Å²) in [5.74, 6) is -2.10. The molecule has 132 valence electrons. The summed E-state index contributed by atoms with van der Waals surface area (Å²) in [5.41, 5.74) is -0.362. The lowest BCUT2D eigenvalue weighted by Crippen LogP contribution is -2.44. The number of hydrogen-bond acceptors (Lipinski definition) is 5. The largest absolute Gasteiger partial charge is 0.494 e. The van der Waals surface area contributed by atoms with Crippen molar-refractivity contribution in [3.8, 4) is 5.75 Å². The molecule has 1 aromatic rings. The number of carboxylic acid groups (broad SMARTS) is 1. The Morgan fingerprint density at radius 2 is 2.08 bits per heavy atom. The molecule has 2 N–H and O–H groups in total. The molecule has 1 heterocycles. The summed E-state index contributed by atoms with van der Waals surface area (Å²) in [5, 5.41) is 11.6. The number of ether oxygens (including phenoxy) is 1. The third-order valence-electron chi connectivity index (χ3n) is 3.79. The summed E-state index contributed by atoms with van der Waals surface area (Å²) in [6, 6.07) is 1.39. The van der Waals surface area contributed by atoms with Gasteiger partial charge in [0, 0.05) is 18.6 Å². The Balaban J connectivity index is 2.61. The first-order chi connectivity index (χ1) is 11.2. The van der Waals surface area contributed by atoms with E-state index in [9.17, 15) is 23.1 Å². The molecular formula is C14H17ClN2O6S. The van der Waals surface area contributed by atoms with Crippen LogP contribution in [0.4, 0.5) is 0 Å². The van der Waals surface area contributed by atoms with Crippen LogP contribution >= 0.6 is 11.6 Å². The van der Waals surface area contributed by atoms with Gasteiger partial charge in [0.05, 0.1) is 7.11 Å². The minimum absolute atomic E-state index is 0.0533. The van der Waals surface area contributed by atoms with Gasteiger partial charge in [-0.2, -0.15) is 4.31 Å². The van der Waals surface area contributed by atoms with E-state index in [4.69, 9.17) is 16.3 Å². The number of nitrogens with zero attached hydrogens (tertiary/aromatic N) is 1. The number of hydrogen-bond donors (Lipinski definition) is 2. The van der Waals surface area contributed by atoms with Crippen molar-refractivity contribution in [3.63, 3.8) is 0 Å². The predicted octanol–water partition coefficient (Wildman–Crippen LogP) is 0.946. The van der Waals surface area contributed by atoms with Crippen LogP contribution in [0, 0.1) is 0 Å². The van der Waals surface area contributed by atoms with Gasteiger partial charge in [-0.15, -0.1) is 0 Å². The smallest absolute Gasteiger partial charge is 0.339 e. The van der Waals surface area contributed by atoms with Crippen molar-refractivity contribution >= 4 is 33.5 Å². The standard InChI is InChI=1S/C14H17ClN2O6S/c1-16-13(18)10-4-3-5-17(10)24(21,22)11-7-8(15)6-9(14(19)20)12(11)23-2/h6-7,10H,3-5H2,1-2H3,(H,16,18)(H,19,20). The van der Waals surface area contributed by atoms with Crippen LogP contribution in [0.2, 0.25) is 5.02 Å². The fraction of sp³-hybridized carbons (Fsp3) is 0.429. The van der Waals surface area contributed by atoms with Crippen molar-refractivity contribution in [1.29, 1.82) is 0 Å². The van der Waals surface area contributed by atoms with Gasteiger partial charge in [0.1, 0.15) is 16.5 Å². The maximum atomic E-state index is 13.0. The van der Waals surface area contributed by atoms with Crippen molar-refractivity contribution < 1.29 is 27.9 Å². The SMILES string of the molecule is CNC(=O)C1CCCN1S(=O)(=O)c1cc(Cl)cc(C(=O)O)c1OC. The fourth-order valence-electron chi connectivity index (χ4n) is 2.71. The van der Waals surface area contributed by atoms with Crippen LogP contribution in [0.3, 0.4) is 0 Å². The minimum atomic E-state index is -4.16. The van der Waals surface area contributed by atoms with Gasteiger partial charge in [-0.1, -0.05) is 11.6 Å². The molecule has 1 aliphatic rings. The highest BCUT2D eigenvalue weighted by Gasteiger charge is 2.41. The van der Waals surface area contributed by atoms with Gasteiger partial charge in [0.25, 0.3) is 0 Å². The molecule has 10 heteroatoms. The van der Waals surface area contributed by atoms with Crippen LogP contribution < -0.4 is 10.1 Å². The van der Waals surface area contributed by atoms with E-state index in [1.165, 1.54) is 14.2 Å². The Morgan fingerprint density at radius 3 is 2.62 bits per heavy atom. The van der Waals surface area contributed by atoms with Gasteiger partial charge in [-0.3, -0.25) is 4.79 Å². The average Bonchev–Trinajstić information content (AvgIpc) is 3.03. The lowest BCUT2D eigenvalue weighted by molar-refractivity contribution is -0.123. The normalized spacial score (nSPS) is 18.4. The Morgan fingerprint density at radius 1 is 1.42 bits per heavy atom. The molecule has 24 heavy (non-hydrogen) atoms. The number of amides is 1. The second-order valence-corrected chi connectivity index (χ2v) is 7.47. The van der Waals surface area contributed by atoms with Crippen LogP contribution in [0.25, 0.3) is 0 Å². The van der Waals surface area contributed by atoms with E-state index in [1.807, 2.05) is 0 Å². The maximum Gasteiger partial charge on any atom is 0.339 e. The topological polar surface area (TPSA) is 113 Å². The number of rotatable bonds is 5. The van der Waals surface area contributed by atoms with E-state index in [0.717, 1.165) is 16.4 Å². The number of carbonyl (C=O) groups excluding carboxylic acids is 1. The zero-order valence-corrected chi connectivity index (χ0v) is 14.6. The van der Waals surface area contributed by atoms with E-state index in [-0.39, 0.29) is 27.8 Å². The summed E-state index contributed by atoms with van der Waals surface area (Å²) in [6.07, 6.45) is 0.902. The first kappa shape index (κ1) is 18.5. The number of benzene rings is 1. The van der Waals surface area contributed by atoms with Crippen LogP contribution in [0.15, 0.2) is 17.0 Å². The zero-order valence-electron chi connectivity index (χ0n) is 13.1. The number of methoxy groups -OCH3 is 1. The van der Waals surface area contributed by atoms with E-state index in [2.05, 4.69) is 5.32 Å². The number of carbonyl (C=O) groups is 2. The first-order valence-electron chi connectivity index (χ1n) is 7.08. The van der Waals surface area contributed by atoms with E-state index in [1.54, 1.807) is 0 Å². The Hall–Kier alpha value is -1.84. The van der Waals surface area contributed by atoms with Crippen molar-refractivity contribution in [2.75, 3.05) is 20.7 Å². The lowest BCUT2D eigenvalue weighted by atomic mass is 10.2. The molecule has 0 aromatic heterocycles. The van der Waals surface area contributed by atoms with Gasteiger partial charge in [-0.25, -0.2) is 13.2 Å². The zero-order chi connectivity index (χ0) is 18.1. The van der Waals surface area contributed by atoms with Crippen LogP contribution in [0.5, 0.6) is 5.75 Å². The molecule has 8 nitrogen and oxygen atoms in total. The average molecular weight is 377 g/mol. The van der Waals surface area contributed by atoms with Gasteiger partial charge in [0.2, 0.25) is 15.9 Å². The fourth-order valence-corrected chi connectivity index (χ4v) is 4.86.